The van der Waals surface area contributed by atoms with Gasteiger partial charge in [-0.05, 0) is 36.4 Å². The first kappa shape index (κ1) is 10.3. The van der Waals surface area contributed by atoms with Gasteiger partial charge < -0.3 is 4.90 Å². The summed E-state index contributed by atoms with van der Waals surface area (Å²) in [5.41, 5.74) is 0.719. The Labute approximate surface area is 100 Å². The highest BCUT2D eigenvalue weighted by Gasteiger charge is 2.15. The molecule has 1 aliphatic rings. The molecule has 1 fully saturated rings. The number of fused-ring (bicyclic) bond motifs is 1. The van der Waals surface area contributed by atoms with Crippen LogP contribution in [0.15, 0.2) is 30.5 Å². The van der Waals surface area contributed by atoms with E-state index in [9.17, 15) is 4.79 Å². The van der Waals surface area contributed by atoms with Crippen molar-refractivity contribution in [3.63, 3.8) is 0 Å². The first-order chi connectivity index (χ1) is 8.38. The maximum Gasteiger partial charge on any atom is 0.150 e. The number of aromatic nitrogens is 1. The van der Waals surface area contributed by atoms with Crippen molar-refractivity contribution in [1.82, 2.24) is 4.98 Å². The summed E-state index contributed by atoms with van der Waals surface area (Å²) in [6, 6.07) is 7.74. The van der Waals surface area contributed by atoms with E-state index >= 15 is 0 Å². The molecule has 17 heavy (non-hydrogen) atoms. The van der Waals surface area contributed by atoms with Gasteiger partial charge in [0.15, 0.2) is 0 Å². The zero-order chi connectivity index (χ0) is 11.7. The van der Waals surface area contributed by atoms with Gasteiger partial charge in [-0.25, -0.2) is 4.98 Å². The van der Waals surface area contributed by atoms with Crippen LogP contribution in [-0.4, -0.2) is 24.4 Å². The Bertz CT molecular complexity index is 559. The van der Waals surface area contributed by atoms with Crippen LogP contribution in [0.3, 0.4) is 0 Å². The summed E-state index contributed by atoms with van der Waals surface area (Å²) in [5.74, 6) is 1.05. The van der Waals surface area contributed by atoms with Crippen LogP contribution in [0.5, 0.6) is 0 Å². The first-order valence-corrected chi connectivity index (χ1v) is 5.97. The first-order valence-electron chi connectivity index (χ1n) is 5.97. The van der Waals surface area contributed by atoms with Crippen LogP contribution < -0.4 is 4.90 Å². The molecule has 3 heteroatoms. The molecule has 2 heterocycles. The van der Waals surface area contributed by atoms with E-state index in [0.717, 1.165) is 41.5 Å². The molecule has 1 aromatic carbocycles. The highest BCUT2D eigenvalue weighted by molar-refractivity contribution is 5.95. The molecule has 0 amide bonds. The Morgan fingerprint density at radius 1 is 1.18 bits per heavy atom. The third-order valence-corrected chi connectivity index (χ3v) is 3.31. The normalized spacial score (nSPS) is 15.4. The summed E-state index contributed by atoms with van der Waals surface area (Å²) < 4.78 is 0. The van der Waals surface area contributed by atoms with Gasteiger partial charge in [0.1, 0.15) is 12.1 Å². The molecule has 0 radical (unpaired) electrons. The van der Waals surface area contributed by atoms with E-state index < -0.39 is 0 Å². The number of anilines is 1. The Morgan fingerprint density at radius 2 is 2.00 bits per heavy atom. The molecule has 0 unspecified atom stereocenters. The maximum absolute atomic E-state index is 10.8. The average Bonchev–Trinajstić information content (AvgIpc) is 2.91. The fourth-order valence-corrected chi connectivity index (χ4v) is 2.43. The average molecular weight is 226 g/mol. The van der Waals surface area contributed by atoms with Crippen molar-refractivity contribution in [3.8, 4) is 0 Å². The van der Waals surface area contributed by atoms with Crippen molar-refractivity contribution in [2.75, 3.05) is 18.0 Å². The van der Waals surface area contributed by atoms with Gasteiger partial charge in [0, 0.05) is 30.2 Å². The number of pyridine rings is 1. The van der Waals surface area contributed by atoms with Crippen molar-refractivity contribution in [2.24, 2.45) is 0 Å². The summed E-state index contributed by atoms with van der Waals surface area (Å²) in [6.45, 7) is 2.17. The molecule has 3 rings (SSSR count). The van der Waals surface area contributed by atoms with Crippen LogP contribution in [0, 0.1) is 0 Å². The molecule has 0 N–H and O–H groups in total. The second-order valence-electron chi connectivity index (χ2n) is 4.43. The molecule has 1 aromatic heterocycles. The van der Waals surface area contributed by atoms with E-state index in [2.05, 4.69) is 9.88 Å². The predicted molar refractivity (Wildman–Crippen MR) is 68.6 cm³/mol. The fourth-order valence-electron chi connectivity index (χ4n) is 2.43. The van der Waals surface area contributed by atoms with Crippen molar-refractivity contribution in [1.29, 1.82) is 0 Å². The van der Waals surface area contributed by atoms with Crippen molar-refractivity contribution in [3.05, 3.63) is 36.0 Å². The van der Waals surface area contributed by atoms with E-state index in [1.54, 1.807) is 0 Å². The smallest absolute Gasteiger partial charge is 0.150 e. The van der Waals surface area contributed by atoms with Crippen molar-refractivity contribution >= 4 is 22.9 Å². The third kappa shape index (κ3) is 1.78. The standard InChI is InChI=1S/C14H14N2O/c17-10-11-3-4-13-12(9-11)5-6-15-14(13)16-7-1-2-8-16/h3-6,9-10H,1-2,7-8H2. The number of benzene rings is 1. The summed E-state index contributed by atoms with van der Waals surface area (Å²) in [5, 5.41) is 2.23. The maximum atomic E-state index is 10.8. The lowest BCUT2D eigenvalue weighted by Crippen LogP contribution is -2.19. The monoisotopic (exact) mass is 226 g/mol. The number of rotatable bonds is 2. The van der Waals surface area contributed by atoms with Gasteiger partial charge in [0.2, 0.25) is 0 Å². The lowest BCUT2D eigenvalue weighted by molar-refractivity contribution is 0.112. The number of aldehydes is 1. The molecule has 3 nitrogen and oxygen atoms in total. The minimum Gasteiger partial charge on any atom is -0.356 e. The lowest BCUT2D eigenvalue weighted by Gasteiger charge is -2.18. The van der Waals surface area contributed by atoms with Crippen LogP contribution in [0.4, 0.5) is 5.82 Å². The van der Waals surface area contributed by atoms with E-state index in [0.29, 0.717) is 0 Å². The van der Waals surface area contributed by atoms with Crippen LogP contribution in [0.1, 0.15) is 23.2 Å². The van der Waals surface area contributed by atoms with Gasteiger partial charge in [-0.3, -0.25) is 4.79 Å². The number of carbonyl (C=O) groups is 1. The molecule has 2 aromatic rings. The van der Waals surface area contributed by atoms with Gasteiger partial charge in [0.05, 0.1) is 0 Å². The zero-order valence-electron chi connectivity index (χ0n) is 9.60. The lowest BCUT2D eigenvalue weighted by atomic mass is 10.1. The molecule has 0 saturated carbocycles. The predicted octanol–water partition coefficient (Wildman–Crippen LogP) is 2.65. The number of nitrogens with zero attached hydrogens (tertiary/aromatic N) is 2. The number of hydrogen-bond acceptors (Lipinski definition) is 3. The van der Waals surface area contributed by atoms with Gasteiger partial charge in [-0.15, -0.1) is 0 Å². The van der Waals surface area contributed by atoms with Gasteiger partial charge in [-0.2, -0.15) is 0 Å². The molecule has 86 valence electrons. The minimum absolute atomic E-state index is 0.719. The highest BCUT2D eigenvalue weighted by atomic mass is 16.1. The third-order valence-electron chi connectivity index (χ3n) is 3.31. The number of hydrogen-bond donors (Lipinski definition) is 0. The van der Waals surface area contributed by atoms with Gasteiger partial charge in [-0.1, -0.05) is 6.07 Å². The number of carbonyl (C=O) groups excluding carboxylic acids is 1. The molecule has 0 atom stereocenters. The topological polar surface area (TPSA) is 33.2 Å². The second-order valence-corrected chi connectivity index (χ2v) is 4.43. The van der Waals surface area contributed by atoms with Crippen LogP contribution in [0.25, 0.3) is 10.8 Å². The Balaban J connectivity index is 2.15. The van der Waals surface area contributed by atoms with E-state index in [4.69, 9.17) is 0 Å². The minimum atomic E-state index is 0.719. The summed E-state index contributed by atoms with van der Waals surface area (Å²) in [7, 11) is 0. The van der Waals surface area contributed by atoms with Crippen molar-refractivity contribution < 1.29 is 4.79 Å². The molecule has 1 saturated heterocycles. The summed E-state index contributed by atoms with van der Waals surface area (Å²) in [4.78, 5) is 17.6. The quantitative estimate of drug-likeness (QED) is 0.738. The molecule has 0 bridgehead atoms. The molecular formula is C14H14N2O. The van der Waals surface area contributed by atoms with E-state index in [-0.39, 0.29) is 0 Å². The molecular weight excluding hydrogens is 212 g/mol. The van der Waals surface area contributed by atoms with Crippen LogP contribution >= 0.6 is 0 Å². The van der Waals surface area contributed by atoms with E-state index in [1.807, 2.05) is 30.5 Å². The van der Waals surface area contributed by atoms with Crippen LogP contribution in [0.2, 0.25) is 0 Å². The molecule has 0 aliphatic carbocycles. The van der Waals surface area contributed by atoms with Crippen molar-refractivity contribution in [2.45, 2.75) is 12.8 Å². The largest absolute Gasteiger partial charge is 0.356 e. The Morgan fingerprint density at radius 3 is 2.76 bits per heavy atom. The fraction of sp³-hybridized carbons (Fsp3) is 0.286. The SMILES string of the molecule is O=Cc1ccc2c(N3CCCC3)nccc2c1. The van der Waals surface area contributed by atoms with Gasteiger partial charge >= 0.3 is 0 Å². The molecule has 1 aliphatic heterocycles. The Hall–Kier alpha value is -1.90. The summed E-state index contributed by atoms with van der Waals surface area (Å²) >= 11 is 0. The van der Waals surface area contributed by atoms with E-state index in [1.165, 1.54) is 12.8 Å². The van der Waals surface area contributed by atoms with Crippen LogP contribution in [-0.2, 0) is 0 Å². The zero-order valence-corrected chi connectivity index (χ0v) is 9.60. The molecule has 0 spiro atoms. The second kappa shape index (κ2) is 4.17. The highest BCUT2D eigenvalue weighted by Crippen LogP contribution is 2.27. The van der Waals surface area contributed by atoms with Gasteiger partial charge in [0.25, 0.3) is 0 Å². The summed E-state index contributed by atoms with van der Waals surface area (Å²) in [6.07, 6.45) is 5.19. The Kier molecular flexibility index (Phi) is 2.52.